The summed E-state index contributed by atoms with van der Waals surface area (Å²) in [6.45, 7) is 1.38. The van der Waals surface area contributed by atoms with Gasteiger partial charge in [0.05, 0.1) is 0 Å². The molecule has 0 aromatic carbocycles. The second-order valence-corrected chi connectivity index (χ2v) is 1.70. The molecular weight excluding hydrogens is 124 g/mol. The lowest BCUT2D eigenvalue weighted by Gasteiger charge is -1.77. The summed E-state index contributed by atoms with van der Waals surface area (Å²) >= 11 is 4.23. The molecule has 0 aliphatic carbocycles. The fraction of sp³-hybridized carbons (Fsp3) is 0.200. The third kappa shape index (κ3) is 5.30. The SMILES string of the molecule is CC(=O)C=CC(O)=S. The van der Waals surface area contributed by atoms with Gasteiger partial charge in [0, 0.05) is 0 Å². The lowest BCUT2D eigenvalue weighted by atomic mass is 10.4. The van der Waals surface area contributed by atoms with Crippen LogP contribution in [-0.2, 0) is 4.79 Å². The van der Waals surface area contributed by atoms with Crippen LogP contribution in [0.3, 0.4) is 0 Å². The number of rotatable bonds is 2. The number of aliphatic hydroxyl groups is 1. The van der Waals surface area contributed by atoms with Gasteiger partial charge in [-0.25, -0.2) is 0 Å². The molecule has 0 radical (unpaired) electrons. The quantitative estimate of drug-likeness (QED) is 0.448. The minimum Gasteiger partial charge on any atom is -0.499 e. The molecule has 8 heavy (non-hydrogen) atoms. The Balaban J connectivity index is 3.67. The van der Waals surface area contributed by atoms with Gasteiger partial charge in [0.25, 0.3) is 0 Å². The van der Waals surface area contributed by atoms with Gasteiger partial charge in [-0.2, -0.15) is 0 Å². The minimum atomic E-state index is -0.264. The van der Waals surface area contributed by atoms with Crippen LogP contribution in [0.25, 0.3) is 0 Å². The zero-order chi connectivity index (χ0) is 6.57. The smallest absolute Gasteiger partial charge is 0.181 e. The van der Waals surface area contributed by atoms with E-state index in [-0.39, 0.29) is 10.8 Å². The lowest BCUT2D eigenvalue weighted by Crippen LogP contribution is -1.86. The highest BCUT2D eigenvalue weighted by Gasteiger charge is 1.82. The van der Waals surface area contributed by atoms with Crippen LogP contribution in [-0.4, -0.2) is 15.9 Å². The zero-order valence-corrected chi connectivity index (χ0v) is 5.23. The van der Waals surface area contributed by atoms with Gasteiger partial charge in [-0.05, 0) is 31.3 Å². The molecule has 0 amide bonds. The maximum Gasteiger partial charge on any atom is 0.181 e. The van der Waals surface area contributed by atoms with E-state index in [9.17, 15) is 4.79 Å². The van der Waals surface area contributed by atoms with Crippen LogP contribution in [0.1, 0.15) is 6.92 Å². The Morgan fingerprint density at radius 3 is 2.25 bits per heavy atom. The molecule has 0 spiro atoms. The van der Waals surface area contributed by atoms with E-state index in [0.717, 1.165) is 0 Å². The van der Waals surface area contributed by atoms with Crippen molar-refractivity contribution < 1.29 is 9.90 Å². The second-order valence-electron chi connectivity index (χ2n) is 1.28. The summed E-state index contributed by atoms with van der Waals surface area (Å²) in [7, 11) is 0. The van der Waals surface area contributed by atoms with Gasteiger partial charge in [0.15, 0.2) is 10.8 Å². The van der Waals surface area contributed by atoms with E-state index < -0.39 is 0 Å². The minimum absolute atomic E-state index is 0.124. The molecule has 3 heteroatoms. The highest BCUT2D eigenvalue weighted by molar-refractivity contribution is 7.80. The number of allylic oxidation sites excluding steroid dienone is 1. The highest BCUT2D eigenvalue weighted by atomic mass is 32.1. The molecule has 44 valence electrons. The first kappa shape index (κ1) is 7.30. The monoisotopic (exact) mass is 130 g/mol. The molecule has 0 saturated heterocycles. The summed E-state index contributed by atoms with van der Waals surface area (Å²) in [5, 5.41) is 8.03. The molecule has 0 heterocycles. The van der Waals surface area contributed by atoms with Crippen LogP contribution in [0.5, 0.6) is 0 Å². The average Bonchev–Trinajstić information content (AvgIpc) is 1.61. The Hall–Kier alpha value is -0.700. The molecular formula is C5H6O2S. The Labute approximate surface area is 52.8 Å². The van der Waals surface area contributed by atoms with Crippen LogP contribution in [0.4, 0.5) is 0 Å². The third-order valence-electron chi connectivity index (χ3n) is 0.461. The predicted molar refractivity (Wildman–Crippen MR) is 35.0 cm³/mol. The number of aliphatic hydroxyl groups excluding tert-OH is 1. The standard InChI is InChI=1S/C5H6O2S/c1-4(6)2-3-5(7)8/h2-3H,1H3,(H,7,8). The second kappa shape index (κ2) is 3.32. The summed E-state index contributed by atoms with van der Waals surface area (Å²) in [6.07, 6.45) is 2.39. The van der Waals surface area contributed by atoms with Gasteiger partial charge in [0.1, 0.15) is 0 Å². The topological polar surface area (TPSA) is 37.3 Å². The van der Waals surface area contributed by atoms with E-state index in [1.165, 1.54) is 19.1 Å². The zero-order valence-electron chi connectivity index (χ0n) is 4.42. The molecule has 2 nitrogen and oxygen atoms in total. The van der Waals surface area contributed by atoms with Crippen LogP contribution < -0.4 is 0 Å². The van der Waals surface area contributed by atoms with Crippen molar-refractivity contribution in [2.45, 2.75) is 6.92 Å². The molecule has 0 aliphatic heterocycles. The predicted octanol–water partition coefficient (Wildman–Crippen LogP) is 1.02. The van der Waals surface area contributed by atoms with E-state index in [0.29, 0.717) is 0 Å². The number of carbonyl (C=O) groups excluding carboxylic acids is 1. The highest BCUT2D eigenvalue weighted by Crippen LogP contribution is 1.76. The van der Waals surface area contributed by atoms with E-state index >= 15 is 0 Å². The van der Waals surface area contributed by atoms with Crippen molar-refractivity contribution >= 4 is 23.1 Å². The summed E-state index contributed by atoms with van der Waals surface area (Å²) in [6, 6.07) is 0. The third-order valence-corrected chi connectivity index (χ3v) is 0.597. The van der Waals surface area contributed by atoms with Crippen molar-refractivity contribution in [2.75, 3.05) is 0 Å². The summed E-state index contributed by atoms with van der Waals surface area (Å²) in [5.41, 5.74) is 0. The van der Waals surface area contributed by atoms with Gasteiger partial charge in [0.2, 0.25) is 0 Å². The molecule has 0 atom stereocenters. The van der Waals surface area contributed by atoms with Gasteiger partial charge < -0.3 is 5.11 Å². The average molecular weight is 130 g/mol. The first-order chi connectivity index (χ1) is 3.63. The maximum atomic E-state index is 10.1. The van der Waals surface area contributed by atoms with E-state index in [4.69, 9.17) is 5.11 Å². The summed E-state index contributed by atoms with van der Waals surface area (Å²) in [4.78, 5) is 10.1. The van der Waals surface area contributed by atoms with Crippen molar-refractivity contribution in [3.8, 4) is 0 Å². The van der Waals surface area contributed by atoms with Gasteiger partial charge >= 0.3 is 0 Å². The van der Waals surface area contributed by atoms with Gasteiger partial charge in [-0.1, -0.05) is 0 Å². The maximum absolute atomic E-state index is 10.1. The van der Waals surface area contributed by atoms with E-state index in [1.807, 2.05) is 0 Å². The molecule has 0 aromatic rings. The molecule has 0 rings (SSSR count). The van der Waals surface area contributed by atoms with Crippen molar-refractivity contribution in [1.29, 1.82) is 0 Å². The Bertz CT molecular complexity index is 121. The van der Waals surface area contributed by atoms with Crippen LogP contribution >= 0.6 is 12.2 Å². The number of hydrogen-bond donors (Lipinski definition) is 1. The van der Waals surface area contributed by atoms with Crippen LogP contribution in [0, 0.1) is 0 Å². The van der Waals surface area contributed by atoms with Crippen molar-refractivity contribution in [3.63, 3.8) is 0 Å². The molecule has 0 aromatic heterocycles. The van der Waals surface area contributed by atoms with Crippen LogP contribution in [0.15, 0.2) is 12.2 Å². The molecule has 0 saturated carbocycles. The van der Waals surface area contributed by atoms with Crippen molar-refractivity contribution in [3.05, 3.63) is 12.2 Å². The first-order valence-corrected chi connectivity index (χ1v) is 2.45. The van der Waals surface area contributed by atoms with Crippen molar-refractivity contribution in [1.82, 2.24) is 0 Å². The Morgan fingerprint density at radius 2 is 2.12 bits per heavy atom. The number of hydrogen-bond acceptors (Lipinski definition) is 2. The molecule has 0 unspecified atom stereocenters. The van der Waals surface area contributed by atoms with Crippen LogP contribution in [0.2, 0.25) is 0 Å². The fourth-order valence-corrected chi connectivity index (χ4v) is 0.257. The molecule has 0 bridgehead atoms. The molecule has 1 N–H and O–H groups in total. The summed E-state index contributed by atoms with van der Waals surface area (Å²) < 4.78 is 0. The normalized spacial score (nSPS) is 9.62. The van der Waals surface area contributed by atoms with Gasteiger partial charge in [-0.15, -0.1) is 0 Å². The largest absolute Gasteiger partial charge is 0.499 e. The Kier molecular flexibility index (Phi) is 3.03. The molecule has 0 fully saturated rings. The number of ketones is 1. The lowest BCUT2D eigenvalue weighted by molar-refractivity contribution is -0.112. The summed E-state index contributed by atoms with van der Waals surface area (Å²) in [5.74, 6) is -0.124. The fourth-order valence-electron chi connectivity index (χ4n) is 0.189. The van der Waals surface area contributed by atoms with E-state index in [1.54, 1.807) is 0 Å². The van der Waals surface area contributed by atoms with Gasteiger partial charge in [-0.3, -0.25) is 4.79 Å². The first-order valence-electron chi connectivity index (χ1n) is 2.04. The van der Waals surface area contributed by atoms with E-state index in [2.05, 4.69) is 12.2 Å². The Morgan fingerprint density at radius 1 is 1.62 bits per heavy atom. The number of carbonyl (C=O) groups is 1. The number of thiocarbonyl (C=S) groups is 1. The van der Waals surface area contributed by atoms with Crippen molar-refractivity contribution in [2.24, 2.45) is 0 Å². The molecule has 0 aliphatic rings.